The van der Waals surface area contributed by atoms with Gasteiger partial charge in [-0.1, -0.05) is 11.6 Å². The summed E-state index contributed by atoms with van der Waals surface area (Å²) in [5, 5.41) is 3.19. The van der Waals surface area contributed by atoms with E-state index in [1.165, 1.54) is 16.9 Å². The molecular weight excluding hydrogens is 494 g/mol. The number of carbonyl (C=O) groups excluding carboxylic acids is 1. The first-order valence-electron chi connectivity index (χ1n) is 11.9. The number of benzene rings is 2. The van der Waals surface area contributed by atoms with Crippen LogP contribution in [0.15, 0.2) is 71.2 Å². The van der Waals surface area contributed by atoms with E-state index in [0.29, 0.717) is 24.8 Å². The molecule has 0 radical (unpaired) electrons. The Morgan fingerprint density at radius 1 is 1.14 bits per heavy atom. The number of hydrogen-bond donors (Lipinski definition) is 1. The summed E-state index contributed by atoms with van der Waals surface area (Å²) in [5.41, 5.74) is 3.19. The maximum absolute atomic E-state index is 13.5. The molecule has 36 heavy (non-hydrogen) atoms. The molecule has 1 fully saturated rings. The highest BCUT2D eigenvalue weighted by atomic mass is 32.2. The van der Waals surface area contributed by atoms with Crippen molar-refractivity contribution < 1.29 is 13.2 Å². The molecule has 1 saturated heterocycles. The minimum absolute atomic E-state index is 0.0211. The van der Waals surface area contributed by atoms with Crippen molar-refractivity contribution in [1.82, 2.24) is 14.5 Å². The van der Waals surface area contributed by atoms with Crippen molar-refractivity contribution in [3.05, 3.63) is 71.9 Å². The number of sulfonamides is 1. The molecule has 1 aliphatic heterocycles. The van der Waals surface area contributed by atoms with Crippen LogP contribution in [0, 0.1) is 6.92 Å². The van der Waals surface area contributed by atoms with Crippen molar-refractivity contribution in [2.45, 2.75) is 37.8 Å². The van der Waals surface area contributed by atoms with Crippen LogP contribution >= 0.6 is 11.3 Å². The quantitative estimate of drug-likeness (QED) is 0.402. The number of carbonyl (C=O) groups is 1. The number of fused-ring (bicyclic) bond motifs is 1. The predicted molar refractivity (Wildman–Crippen MR) is 144 cm³/mol. The fourth-order valence-corrected chi connectivity index (χ4v) is 6.57. The number of rotatable bonds is 6. The van der Waals surface area contributed by atoms with Crippen LogP contribution < -0.4 is 9.62 Å². The second kappa shape index (κ2) is 9.59. The van der Waals surface area contributed by atoms with Crippen LogP contribution in [0.1, 0.15) is 25.5 Å². The highest BCUT2D eigenvalue weighted by molar-refractivity contribution is 7.93. The van der Waals surface area contributed by atoms with Crippen LogP contribution in [0.5, 0.6) is 0 Å². The molecule has 0 bridgehead atoms. The Morgan fingerprint density at radius 2 is 1.92 bits per heavy atom. The SMILES string of the molecule is Cc1ccc2c(ccn2C(C)C(=O)N2CCN(c3ccc(S(=O)(=O)Nc4nccs4)cc3)CC2C)c1. The summed E-state index contributed by atoms with van der Waals surface area (Å²) in [6.07, 6.45) is 3.55. The second-order valence-electron chi connectivity index (χ2n) is 9.22. The number of amides is 1. The average molecular weight is 524 g/mol. The van der Waals surface area contributed by atoms with Crippen molar-refractivity contribution >= 4 is 49.0 Å². The Morgan fingerprint density at radius 3 is 2.61 bits per heavy atom. The van der Waals surface area contributed by atoms with Gasteiger partial charge in [-0.25, -0.2) is 13.4 Å². The molecule has 1 N–H and O–H groups in total. The van der Waals surface area contributed by atoms with E-state index in [4.69, 9.17) is 0 Å². The van der Waals surface area contributed by atoms with E-state index in [2.05, 4.69) is 57.3 Å². The molecule has 0 saturated carbocycles. The van der Waals surface area contributed by atoms with Crippen molar-refractivity contribution in [2.24, 2.45) is 0 Å². The van der Waals surface area contributed by atoms with Gasteiger partial charge in [0.25, 0.3) is 10.0 Å². The molecule has 2 atom stereocenters. The first kappa shape index (κ1) is 24.3. The smallest absolute Gasteiger partial charge is 0.263 e. The Labute approximate surface area is 215 Å². The van der Waals surface area contributed by atoms with Gasteiger partial charge in [-0.3, -0.25) is 9.52 Å². The number of anilines is 2. The fourth-order valence-electron chi connectivity index (χ4n) is 4.78. The third-order valence-electron chi connectivity index (χ3n) is 6.73. The van der Waals surface area contributed by atoms with Crippen LogP contribution in [0.3, 0.4) is 0 Å². The monoisotopic (exact) mass is 523 g/mol. The van der Waals surface area contributed by atoms with Crippen LogP contribution in [-0.4, -0.2) is 54.5 Å². The number of thiazole rings is 1. The Bertz CT molecular complexity index is 1480. The number of piperazine rings is 1. The average Bonchev–Trinajstić information content (AvgIpc) is 3.52. The molecule has 0 aliphatic carbocycles. The third-order valence-corrected chi connectivity index (χ3v) is 8.90. The van der Waals surface area contributed by atoms with E-state index < -0.39 is 10.0 Å². The van der Waals surface area contributed by atoms with Crippen LogP contribution in [0.4, 0.5) is 10.8 Å². The van der Waals surface area contributed by atoms with Gasteiger partial charge in [-0.2, -0.15) is 0 Å². The van der Waals surface area contributed by atoms with Crippen molar-refractivity contribution in [3.63, 3.8) is 0 Å². The summed E-state index contributed by atoms with van der Waals surface area (Å²) in [7, 11) is -3.69. The normalized spacial score (nSPS) is 17.4. The fraction of sp³-hybridized carbons (Fsp3) is 0.308. The molecule has 10 heteroatoms. The van der Waals surface area contributed by atoms with Crippen molar-refractivity contribution in [3.8, 4) is 0 Å². The maximum atomic E-state index is 13.5. The third kappa shape index (κ3) is 4.70. The summed E-state index contributed by atoms with van der Waals surface area (Å²) < 4.78 is 29.8. The molecule has 188 valence electrons. The Kier molecular flexibility index (Phi) is 6.48. The van der Waals surface area contributed by atoms with Gasteiger partial charge in [-0.15, -0.1) is 11.3 Å². The molecule has 8 nitrogen and oxygen atoms in total. The molecule has 1 aliphatic rings. The highest BCUT2D eigenvalue weighted by Crippen LogP contribution is 2.26. The Balaban J connectivity index is 1.25. The number of nitrogens with zero attached hydrogens (tertiary/aromatic N) is 4. The largest absolute Gasteiger partial charge is 0.368 e. The molecule has 0 spiro atoms. The summed E-state index contributed by atoms with van der Waals surface area (Å²) in [4.78, 5) is 21.8. The van der Waals surface area contributed by atoms with Crippen LogP contribution in [-0.2, 0) is 14.8 Å². The highest BCUT2D eigenvalue weighted by Gasteiger charge is 2.31. The van der Waals surface area contributed by atoms with E-state index >= 15 is 0 Å². The maximum Gasteiger partial charge on any atom is 0.263 e. The van der Waals surface area contributed by atoms with Gasteiger partial charge in [0.15, 0.2) is 5.13 Å². The van der Waals surface area contributed by atoms with Gasteiger partial charge >= 0.3 is 0 Å². The lowest BCUT2D eigenvalue weighted by Crippen LogP contribution is -2.55. The zero-order chi connectivity index (χ0) is 25.4. The molecule has 3 heterocycles. The van der Waals surface area contributed by atoms with Gasteiger partial charge in [0.05, 0.1) is 4.90 Å². The standard InChI is InChI=1S/C26H29N5O3S2/c1-18-4-9-24-21(16-18)10-12-31(24)20(3)25(32)30-14-13-29(17-19(30)2)22-5-7-23(8-6-22)36(33,34)28-26-27-11-15-35-26/h4-12,15-16,19-20H,13-14,17H2,1-3H3,(H,27,28). The van der Waals surface area contributed by atoms with Crippen LogP contribution in [0.25, 0.3) is 10.9 Å². The Hall–Kier alpha value is -3.37. The van der Waals surface area contributed by atoms with E-state index in [9.17, 15) is 13.2 Å². The van der Waals surface area contributed by atoms with Crippen molar-refractivity contribution in [2.75, 3.05) is 29.3 Å². The zero-order valence-electron chi connectivity index (χ0n) is 20.5. The van der Waals surface area contributed by atoms with E-state index in [1.54, 1.807) is 23.7 Å². The molecule has 1 amide bonds. The first-order valence-corrected chi connectivity index (χ1v) is 14.2. The van der Waals surface area contributed by atoms with Gasteiger partial charge in [0, 0.05) is 54.7 Å². The summed E-state index contributed by atoms with van der Waals surface area (Å²) >= 11 is 1.23. The molecule has 4 aromatic rings. The lowest BCUT2D eigenvalue weighted by Gasteiger charge is -2.42. The lowest BCUT2D eigenvalue weighted by molar-refractivity contribution is -0.136. The molecule has 2 aromatic heterocycles. The molecular formula is C26H29N5O3S2. The number of nitrogens with one attached hydrogen (secondary N) is 1. The minimum atomic E-state index is -3.69. The van der Waals surface area contributed by atoms with Crippen LogP contribution in [0.2, 0.25) is 0 Å². The predicted octanol–water partition coefficient (Wildman–Crippen LogP) is 4.51. The summed E-state index contributed by atoms with van der Waals surface area (Å²) in [5.74, 6) is 0.106. The van der Waals surface area contributed by atoms with Crippen molar-refractivity contribution in [1.29, 1.82) is 0 Å². The van der Waals surface area contributed by atoms with Gasteiger partial charge in [-0.05, 0) is 68.6 Å². The number of hydrogen-bond acceptors (Lipinski definition) is 6. The summed E-state index contributed by atoms with van der Waals surface area (Å²) in [6.45, 7) is 8.04. The minimum Gasteiger partial charge on any atom is -0.368 e. The molecule has 5 rings (SSSR count). The summed E-state index contributed by atoms with van der Waals surface area (Å²) in [6, 6.07) is 14.9. The number of aromatic nitrogens is 2. The van der Waals surface area contributed by atoms with E-state index in [1.807, 2.05) is 30.2 Å². The molecule has 2 unspecified atom stereocenters. The van der Waals surface area contributed by atoms with Gasteiger partial charge in [0.2, 0.25) is 5.91 Å². The van der Waals surface area contributed by atoms with Gasteiger partial charge in [0.1, 0.15) is 6.04 Å². The lowest BCUT2D eigenvalue weighted by atomic mass is 10.1. The van der Waals surface area contributed by atoms with E-state index in [0.717, 1.165) is 16.6 Å². The first-order chi connectivity index (χ1) is 17.2. The van der Waals surface area contributed by atoms with Gasteiger partial charge < -0.3 is 14.4 Å². The molecule has 2 aromatic carbocycles. The number of aryl methyl sites for hydroxylation is 1. The topological polar surface area (TPSA) is 87.5 Å². The van der Waals surface area contributed by atoms with E-state index in [-0.39, 0.29) is 22.9 Å². The second-order valence-corrected chi connectivity index (χ2v) is 11.8. The zero-order valence-corrected chi connectivity index (χ0v) is 22.1.